The predicted molar refractivity (Wildman–Crippen MR) is 98.0 cm³/mol. The molecule has 0 saturated carbocycles. The Hall–Kier alpha value is -3.48. The molecule has 0 aliphatic heterocycles. The van der Waals surface area contributed by atoms with Gasteiger partial charge in [0.1, 0.15) is 17.5 Å². The second-order valence-electron chi connectivity index (χ2n) is 5.59. The molecule has 0 atom stereocenters. The Morgan fingerprint density at radius 3 is 2.72 bits per heavy atom. The van der Waals surface area contributed by atoms with Gasteiger partial charge in [0.2, 0.25) is 0 Å². The molecule has 124 valence electrons. The SMILES string of the molecule is CCc1ccccc1Nc1ncnc(-n2nnc3ccccc32)c1N. The van der Waals surface area contributed by atoms with Gasteiger partial charge in [-0.2, -0.15) is 4.68 Å². The lowest BCUT2D eigenvalue weighted by Gasteiger charge is -2.13. The van der Waals surface area contributed by atoms with Crippen LogP contribution in [0, 0.1) is 0 Å². The Kier molecular flexibility index (Phi) is 3.74. The number of fused-ring (bicyclic) bond motifs is 1. The van der Waals surface area contributed by atoms with Gasteiger partial charge >= 0.3 is 0 Å². The van der Waals surface area contributed by atoms with E-state index >= 15 is 0 Å². The fraction of sp³-hybridized carbons (Fsp3) is 0.111. The third kappa shape index (κ3) is 2.65. The number of anilines is 3. The minimum absolute atomic E-state index is 0.420. The summed E-state index contributed by atoms with van der Waals surface area (Å²) in [5, 5.41) is 11.6. The Bertz CT molecular complexity index is 1040. The summed E-state index contributed by atoms with van der Waals surface area (Å²) >= 11 is 0. The van der Waals surface area contributed by atoms with Crippen molar-refractivity contribution in [1.29, 1.82) is 0 Å². The number of benzene rings is 2. The second-order valence-corrected chi connectivity index (χ2v) is 5.59. The third-order valence-electron chi connectivity index (χ3n) is 4.07. The molecule has 3 N–H and O–H groups in total. The number of para-hydroxylation sites is 2. The van der Waals surface area contributed by atoms with E-state index in [2.05, 4.69) is 38.6 Å². The average Bonchev–Trinajstić information content (AvgIpc) is 3.08. The Morgan fingerprint density at radius 1 is 1.04 bits per heavy atom. The zero-order valence-corrected chi connectivity index (χ0v) is 13.7. The zero-order valence-electron chi connectivity index (χ0n) is 13.7. The summed E-state index contributed by atoms with van der Waals surface area (Å²) in [4.78, 5) is 8.59. The summed E-state index contributed by atoms with van der Waals surface area (Å²) in [7, 11) is 0. The number of aryl methyl sites for hydroxylation is 1. The quantitative estimate of drug-likeness (QED) is 0.597. The molecular weight excluding hydrogens is 314 g/mol. The molecule has 0 spiro atoms. The van der Waals surface area contributed by atoms with E-state index in [1.54, 1.807) is 4.68 Å². The number of hydrogen-bond donors (Lipinski definition) is 2. The van der Waals surface area contributed by atoms with Crippen molar-refractivity contribution in [3.05, 3.63) is 60.4 Å². The molecule has 0 unspecified atom stereocenters. The van der Waals surface area contributed by atoms with Crippen molar-refractivity contribution >= 4 is 28.2 Å². The van der Waals surface area contributed by atoms with Crippen LogP contribution in [-0.4, -0.2) is 25.0 Å². The van der Waals surface area contributed by atoms with E-state index in [0.29, 0.717) is 17.3 Å². The Balaban J connectivity index is 1.78. The van der Waals surface area contributed by atoms with Crippen LogP contribution in [0.2, 0.25) is 0 Å². The molecule has 2 aromatic carbocycles. The summed E-state index contributed by atoms with van der Waals surface area (Å²) in [6.07, 6.45) is 2.38. The molecule has 0 radical (unpaired) electrons. The first kappa shape index (κ1) is 15.1. The number of nitrogens with zero attached hydrogens (tertiary/aromatic N) is 5. The molecule has 0 aliphatic rings. The third-order valence-corrected chi connectivity index (χ3v) is 4.07. The summed E-state index contributed by atoms with van der Waals surface area (Å²) in [6, 6.07) is 15.7. The maximum absolute atomic E-state index is 6.33. The number of hydrogen-bond acceptors (Lipinski definition) is 6. The highest BCUT2D eigenvalue weighted by molar-refractivity contribution is 5.80. The molecular formula is C18H17N7. The number of nitrogen functional groups attached to an aromatic ring is 1. The van der Waals surface area contributed by atoms with E-state index in [1.807, 2.05) is 42.5 Å². The van der Waals surface area contributed by atoms with Gasteiger partial charge in [-0.3, -0.25) is 0 Å². The first-order valence-electron chi connectivity index (χ1n) is 8.04. The van der Waals surface area contributed by atoms with Gasteiger partial charge in [0.15, 0.2) is 11.6 Å². The highest BCUT2D eigenvalue weighted by atomic mass is 15.4. The molecule has 25 heavy (non-hydrogen) atoms. The Morgan fingerprint density at radius 2 is 1.84 bits per heavy atom. The fourth-order valence-electron chi connectivity index (χ4n) is 2.76. The van der Waals surface area contributed by atoms with Crippen LogP contribution in [-0.2, 0) is 6.42 Å². The maximum atomic E-state index is 6.33. The molecule has 7 nitrogen and oxygen atoms in total. The van der Waals surface area contributed by atoms with Crippen LogP contribution in [0.1, 0.15) is 12.5 Å². The minimum atomic E-state index is 0.420. The van der Waals surface area contributed by atoms with Crippen LogP contribution in [0.3, 0.4) is 0 Å². The van der Waals surface area contributed by atoms with Crippen molar-refractivity contribution < 1.29 is 0 Å². The number of rotatable bonds is 4. The van der Waals surface area contributed by atoms with Gasteiger partial charge in [-0.1, -0.05) is 42.5 Å². The van der Waals surface area contributed by atoms with Gasteiger partial charge in [-0.25, -0.2) is 9.97 Å². The summed E-state index contributed by atoms with van der Waals surface area (Å²) in [5.41, 5.74) is 10.5. The van der Waals surface area contributed by atoms with Gasteiger partial charge in [0.05, 0.1) is 5.52 Å². The van der Waals surface area contributed by atoms with E-state index in [4.69, 9.17) is 5.73 Å². The van der Waals surface area contributed by atoms with E-state index in [-0.39, 0.29) is 0 Å². The average molecular weight is 331 g/mol. The van der Waals surface area contributed by atoms with Gasteiger partial charge in [0.25, 0.3) is 0 Å². The van der Waals surface area contributed by atoms with Gasteiger partial charge in [0, 0.05) is 5.69 Å². The lowest BCUT2D eigenvalue weighted by Crippen LogP contribution is -2.09. The van der Waals surface area contributed by atoms with E-state index < -0.39 is 0 Å². The summed E-state index contributed by atoms with van der Waals surface area (Å²) in [5.74, 6) is 1.05. The maximum Gasteiger partial charge on any atom is 0.184 e. The van der Waals surface area contributed by atoms with Gasteiger partial charge < -0.3 is 11.1 Å². The topological polar surface area (TPSA) is 94.5 Å². The molecule has 0 aliphatic carbocycles. The van der Waals surface area contributed by atoms with Crippen molar-refractivity contribution in [2.75, 3.05) is 11.1 Å². The smallest absolute Gasteiger partial charge is 0.184 e. The van der Waals surface area contributed by atoms with Crippen LogP contribution in [0.25, 0.3) is 16.9 Å². The predicted octanol–water partition coefficient (Wildman–Crippen LogP) is 3.10. The molecule has 4 aromatic rings. The van der Waals surface area contributed by atoms with E-state index in [9.17, 15) is 0 Å². The lowest BCUT2D eigenvalue weighted by atomic mass is 10.1. The normalized spacial score (nSPS) is 10.9. The van der Waals surface area contributed by atoms with Crippen LogP contribution < -0.4 is 11.1 Å². The standard InChI is InChI=1S/C18H17N7/c1-2-12-7-3-4-8-13(12)22-17-16(19)18(21-11-20-17)25-15-10-6-5-9-14(15)23-24-25/h3-11H,2,19H2,1H3,(H,20,21,22). The monoisotopic (exact) mass is 331 g/mol. The largest absolute Gasteiger partial charge is 0.393 e. The van der Waals surface area contributed by atoms with E-state index in [1.165, 1.54) is 11.9 Å². The molecule has 2 aromatic heterocycles. The molecule has 2 heterocycles. The van der Waals surface area contributed by atoms with Crippen molar-refractivity contribution in [3.63, 3.8) is 0 Å². The number of aromatic nitrogens is 5. The summed E-state index contributed by atoms with van der Waals surface area (Å²) in [6.45, 7) is 2.11. The van der Waals surface area contributed by atoms with Crippen LogP contribution in [0.5, 0.6) is 0 Å². The zero-order chi connectivity index (χ0) is 17.2. The highest BCUT2D eigenvalue weighted by Crippen LogP contribution is 2.28. The van der Waals surface area contributed by atoms with Crippen LogP contribution in [0.15, 0.2) is 54.9 Å². The lowest BCUT2D eigenvalue weighted by molar-refractivity contribution is 0.800. The second kappa shape index (κ2) is 6.20. The summed E-state index contributed by atoms with van der Waals surface area (Å²) < 4.78 is 1.63. The van der Waals surface area contributed by atoms with Crippen molar-refractivity contribution in [1.82, 2.24) is 25.0 Å². The van der Waals surface area contributed by atoms with Crippen molar-refractivity contribution in [2.24, 2.45) is 0 Å². The molecule has 0 bridgehead atoms. The molecule has 0 saturated heterocycles. The molecule has 7 heteroatoms. The molecule has 4 rings (SSSR count). The van der Waals surface area contributed by atoms with Crippen LogP contribution in [0.4, 0.5) is 17.2 Å². The fourth-order valence-corrected chi connectivity index (χ4v) is 2.76. The van der Waals surface area contributed by atoms with Crippen LogP contribution >= 0.6 is 0 Å². The van der Waals surface area contributed by atoms with Gasteiger partial charge in [-0.15, -0.1) is 5.10 Å². The number of nitrogens with two attached hydrogens (primary N) is 1. The van der Waals surface area contributed by atoms with Crippen molar-refractivity contribution in [3.8, 4) is 5.82 Å². The van der Waals surface area contributed by atoms with Gasteiger partial charge in [-0.05, 0) is 30.2 Å². The molecule has 0 amide bonds. The Labute approximate surface area is 144 Å². The van der Waals surface area contributed by atoms with Crippen molar-refractivity contribution in [2.45, 2.75) is 13.3 Å². The molecule has 0 fully saturated rings. The minimum Gasteiger partial charge on any atom is -0.393 e. The van der Waals surface area contributed by atoms with E-state index in [0.717, 1.165) is 23.1 Å². The first-order chi connectivity index (χ1) is 12.3. The highest BCUT2D eigenvalue weighted by Gasteiger charge is 2.14. The number of nitrogens with one attached hydrogen (secondary N) is 1. The first-order valence-corrected chi connectivity index (χ1v) is 8.04.